The Morgan fingerprint density at radius 1 is 1.35 bits per heavy atom. The van der Waals surface area contributed by atoms with E-state index in [0.717, 1.165) is 5.69 Å². The number of H-pyrrole nitrogens is 1. The number of aromatic amines is 1. The van der Waals surface area contributed by atoms with Gasteiger partial charge in [0.15, 0.2) is 5.75 Å². The summed E-state index contributed by atoms with van der Waals surface area (Å²) in [6.45, 7) is 0. The Kier molecular flexibility index (Phi) is 2.67. The van der Waals surface area contributed by atoms with Gasteiger partial charge in [0, 0.05) is 25.2 Å². The molecule has 5 nitrogen and oxygen atoms in total. The number of hydrogen-bond donors (Lipinski definition) is 2. The molecule has 0 atom stereocenters. The van der Waals surface area contributed by atoms with Crippen molar-refractivity contribution in [1.29, 1.82) is 0 Å². The molecule has 17 heavy (non-hydrogen) atoms. The van der Waals surface area contributed by atoms with Crippen molar-refractivity contribution in [3.8, 4) is 11.5 Å². The third-order valence-electron chi connectivity index (χ3n) is 2.65. The van der Waals surface area contributed by atoms with Crippen molar-refractivity contribution in [2.45, 2.75) is 0 Å². The Bertz CT molecular complexity index is 617. The molecule has 0 aliphatic rings. The van der Waals surface area contributed by atoms with Crippen molar-refractivity contribution >= 4 is 16.6 Å². The molecular weight excluding hydrogens is 220 g/mol. The Balaban J connectivity index is 2.81. The minimum absolute atomic E-state index is 0.203. The predicted octanol–water partition coefficient (Wildman–Crippen LogP) is 1.31. The summed E-state index contributed by atoms with van der Waals surface area (Å²) in [5, 5.41) is 10.3. The number of methoxy groups -OCH3 is 1. The van der Waals surface area contributed by atoms with Gasteiger partial charge in [-0.2, -0.15) is 0 Å². The molecule has 0 saturated heterocycles. The summed E-state index contributed by atoms with van der Waals surface area (Å²) in [5.41, 5.74) is 1.04. The Labute approximate surface area is 98.3 Å². The summed E-state index contributed by atoms with van der Waals surface area (Å²) >= 11 is 0. The van der Waals surface area contributed by atoms with Crippen molar-refractivity contribution in [1.82, 2.24) is 4.98 Å². The van der Waals surface area contributed by atoms with E-state index >= 15 is 0 Å². The second-order valence-corrected chi connectivity index (χ2v) is 3.96. The minimum Gasteiger partial charge on any atom is -0.500 e. The zero-order valence-corrected chi connectivity index (χ0v) is 9.94. The van der Waals surface area contributed by atoms with E-state index in [-0.39, 0.29) is 5.75 Å². The Morgan fingerprint density at radius 3 is 2.65 bits per heavy atom. The van der Waals surface area contributed by atoms with E-state index in [1.54, 1.807) is 6.07 Å². The van der Waals surface area contributed by atoms with Crippen molar-refractivity contribution in [2.24, 2.45) is 0 Å². The quantitative estimate of drug-likeness (QED) is 0.822. The standard InChI is InChI=1S/C12H14N2O3/c1-14(2)7-4-5-8-9(6-7)13-12(16)10(15)11(8)17-3/h4-6,15H,1-3H3,(H,13,16). The van der Waals surface area contributed by atoms with E-state index < -0.39 is 11.3 Å². The fourth-order valence-electron chi connectivity index (χ4n) is 1.73. The normalized spacial score (nSPS) is 10.5. The van der Waals surface area contributed by atoms with Crippen LogP contribution in [0.1, 0.15) is 0 Å². The summed E-state index contributed by atoms with van der Waals surface area (Å²) in [5.74, 6) is -0.188. The highest BCUT2D eigenvalue weighted by Gasteiger charge is 2.12. The van der Waals surface area contributed by atoms with Crippen LogP contribution in [0, 0.1) is 0 Å². The third kappa shape index (κ3) is 1.80. The monoisotopic (exact) mass is 234 g/mol. The molecule has 2 N–H and O–H groups in total. The number of ether oxygens (including phenoxy) is 1. The maximum absolute atomic E-state index is 11.5. The third-order valence-corrected chi connectivity index (χ3v) is 2.65. The maximum Gasteiger partial charge on any atom is 0.294 e. The fourth-order valence-corrected chi connectivity index (χ4v) is 1.73. The summed E-state index contributed by atoms with van der Waals surface area (Å²) in [7, 11) is 5.25. The topological polar surface area (TPSA) is 65.6 Å². The van der Waals surface area contributed by atoms with Crippen LogP contribution in [0.3, 0.4) is 0 Å². The summed E-state index contributed by atoms with van der Waals surface area (Å²) in [4.78, 5) is 16.0. The first kappa shape index (κ1) is 11.3. The minimum atomic E-state index is -0.551. The number of anilines is 1. The first-order valence-electron chi connectivity index (χ1n) is 5.15. The van der Waals surface area contributed by atoms with Crippen LogP contribution < -0.4 is 15.2 Å². The maximum atomic E-state index is 11.5. The molecule has 1 aromatic carbocycles. The molecule has 5 heteroatoms. The van der Waals surface area contributed by atoms with Crippen LogP contribution in [0.5, 0.6) is 11.5 Å². The molecule has 2 rings (SSSR count). The number of nitrogens with one attached hydrogen (secondary N) is 1. The predicted molar refractivity (Wildman–Crippen MR) is 67.1 cm³/mol. The van der Waals surface area contributed by atoms with Gasteiger partial charge in [-0.25, -0.2) is 0 Å². The van der Waals surface area contributed by atoms with Gasteiger partial charge in [0.25, 0.3) is 5.56 Å². The van der Waals surface area contributed by atoms with Gasteiger partial charge >= 0.3 is 0 Å². The van der Waals surface area contributed by atoms with Crippen LogP contribution in [-0.4, -0.2) is 31.3 Å². The number of rotatable bonds is 2. The fraction of sp³-hybridized carbons (Fsp3) is 0.250. The van der Waals surface area contributed by atoms with E-state index in [1.807, 2.05) is 31.1 Å². The van der Waals surface area contributed by atoms with E-state index in [4.69, 9.17) is 4.74 Å². The van der Waals surface area contributed by atoms with Crippen LogP contribution in [0.4, 0.5) is 5.69 Å². The van der Waals surface area contributed by atoms with Crippen LogP contribution in [0.25, 0.3) is 10.9 Å². The Morgan fingerprint density at radius 2 is 2.06 bits per heavy atom. The number of fused-ring (bicyclic) bond motifs is 1. The van der Waals surface area contributed by atoms with Crippen LogP contribution in [-0.2, 0) is 0 Å². The lowest BCUT2D eigenvalue weighted by Gasteiger charge is -2.14. The molecule has 1 heterocycles. The number of aromatic hydroxyl groups is 1. The van der Waals surface area contributed by atoms with Crippen molar-refractivity contribution < 1.29 is 9.84 Å². The largest absolute Gasteiger partial charge is 0.500 e. The SMILES string of the molecule is COc1c(O)c(=O)[nH]c2cc(N(C)C)ccc12. The average Bonchev–Trinajstić information content (AvgIpc) is 2.30. The molecule has 0 aliphatic carbocycles. The number of hydrogen-bond acceptors (Lipinski definition) is 4. The number of nitrogens with zero attached hydrogens (tertiary/aromatic N) is 1. The van der Waals surface area contributed by atoms with Crippen molar-refractivity contribution in [2.75, 3.05) is 26.1 Å². The average molecular weight is 234 g/mol. The second-order valence-electron chi connectivity index (χ2n) is 3.96. The highest BCUT2D eigenvalue weighted by molar-refractivity contribution is 5.89. The van der Waals surface area contributed by atoms with E-state index in [0.29, 0.717) is 10.9 Å². The molecule has 0 unspecified atom stereocenters. The van der Waals surface area contributed by atoms with E-state index in [9.17, 15) is 9.90 Å². The molecule has 90 valence electrons. The molecule has 0 radical (unpaired) electrons. The zero-order valence-electron chi connectivity index (χ0n) is 9.94. The number of aromatic nitrogens is 1. The zero-order chi connectivity index (χ0) is 12.6. The molecule has 0 spiro atoms. The molecular formula is C12H14N2O3. The Hall–Kier alpha value is -2.17. The highest BCUT2D eigenvalue weighted by atomic mass is 16.5. The molecule has 0 bridgehead atoms. The summed E-state index contributed by atoms with van der Waals surface area (Å²) in [6, 6.07) is 5.53. The van der Waals surface area contributed by atoms with Gasteiger partial charge < -0.3 is 19.7 Å². The van der Waals surface area contributed by atoms with Gasteiger partial charge in [-0.3, -0.25) is 4.79 Å². The molecule has 1 aromatic heterocycles. The summed E-state index contributed by atoms with van der Waals surface area (Å²) in [6.07, 6.45) is 0. The van der Waals surface area contributed by atoms with Crippen molar-refractivity contribution in [3.63, 3.8) is 0 Å². The first-order chi connectivity index (χ1) is 8.04. The molecule has 0 saturated carbocycles. The molecule has 2 aromatic rings. The van der Waals surface area contributed by atoms with Gasteiger partial charge in [0.1, 0.15) is 0 Å². The second kappa shape index (κ2) is 4.01. The smallest absolute Gasteiger partial charge is 0.294 e. The number of benzene rings is 1. The van der Waals surface area contributed by atoms with Gasteiger partial charge in [-0.15, -0.1) is 0 Å². The van der Waals surface area contributed by atoms with Crippen LogP contribution in [0.15, 0.2) is 23.0 Å². The number of pyridine rings is 1. The highest BCUT2D eigenvalue weighted by Crippen LogP contribution is 2.31. The lowest BCUT2D eigenvalue weighted by Crippen LogP contribution is -2.10. The summed E-state index contributed by atoms with van der Waals surface area (Å²) < 4.78 is 5.06. The van der Waals surface area contributed by atoms with Gasteiger partial charge in [-0.1, -0.05) is 0 Å². The van der Waals surface area contributed by atoms with E-state index in [2.05, 4.69) is 4.98 Å². The first-order valence-corrected chi connectivity index (χ1v) is 5.15. The van der Waals surface area contributed by atoms with Crippen LogP contribution in [0.2, 0.25) is 0 Å². The van der Waals surface area contributed by atoms with Crippen LogP contribution >= 0.6 is 0 Å². The van der Waals surface area contributed by atoms with Gasteiger partial charge in [-0.05, 0) is 18.2 Å². The van der Waals surface area contributed by atoms with Gasteiger partial charge in [0.2, 0.25) is 5.75 Å². The lowest BCUT2D eigenvalue weighted by molar-refractivity contribution is 0.374. The molecule has 0 amide bonds. The van der Waals surface area contributed by atoms with Crippen molar-refractivity contribution in [3.05, 3.63) is 28.6 Å². The lowest BCUT2D eigenvalue weighted by atomic mass is 10.1. The molecule has 0 fully saturated rings. The molecule has 0 aliphatic heterocycles. The van der Waals surface area contributed by atoms with E-state index in [1.165, 1.54) is 7.11 Å². The van der Waals surface area contributed by atoms with Gasteiger partial charge in [0.05, 0.1) is 12.6 Å².